The predicted molar refractivity (Wildman–Crippen MR) is 154 cm³/mol. The Balaban J connectivity index is 1.48. The number of carbonyl (C=O) groups excluding carboxylic acids is 3. The lowest BCUT2D eigenvalue weighted by molar-refractivity contribution is 0.00447. The van der Waals surface area contributed by atoms with Crippen LogP contribution in [0.3, 0.4) is 0 Å². The molecule has 2 saturated carbocycles. The van der Waals surface area contributed by atoms with Gasteiger partial charge >= 0.3 is 18.3 Å². The number of hydrogen-bond acceptors (Lipinski definition) is 6. The van der Waals surface area contributed by atoms with Gasteiger partial charge in [0.05, 0.1) is 0 Å². The molecule has 2 fully saturated rings. The summed E-state index contributed by atoms with van der Waals surface area (Å²) in [4.78, 5) is 39.7. The normalized spacial score (nSPS) is 23.4. The van der Waals surface area contributed by atoms with Gasteiger partial charge in [0.1, 0.15) is 17.8 Å². The number of nitrogens with zero attached hydrogens (tertiary/aromatic N) is 1. The van der Waals surface area contributed by atoms with Gasteiger partial charge in [-0.1, -0.05) is 30.3 Å². The van der Waals surface area contributed by atoms with Crippen molar-refractivity contribution in [3.63, 3.8) is 0 Å². The smallest absolute Gasteiger partial charge is 0.410 e. The van der Waals surface area contributed by atoms with Crippen LogP contribution in [-0.4, -0.2) is 59.1 Å². The summed E-state index contributed by atoms with van der Waals surface area (Å²) < 4.78 is 16.6. The highest BCUT2D eigenvalue weighted by Gasteiger charge is 2.35. The molecule has 0 heterocycles. The van der Waals surface area contributed by atoms with Gasteiger partial charge in [0.15, 0.2) is 0 Å². The lowest BCUT2D eigenvalue weighted by atomic mass is 9.84. The highest BCUT2D eigenvalue weighted by Crippen LogP contribution is 2.30. The van der Waals surface area contributed by atoms with E-state index in [0.29, 0.717) is 12.5 Å². The van der Waals surface area contributed by atoms with E-state index in [4.69, 9.17) is 14.2 Å². The van der Waals surface area contributed by atoms with Gasteiger partial charge in [-0.15, -0.1) is 0 Å². The number of nitrogens with one attached hydrogen (secondary N) is 2. The molecular formula is C31H49N3O6. The van der Waals surface area contributed by atoms with Crippen molar-refractivity contribution in [3.05, 3.63) is 35.9 Å². The number of alkyl carbamates (subject to hydrolysis) is 2. The summed E-state index contributed by atoms with van der Waals surface area (Å²) in [5, 5.41) is 5.99. The fourth-order valence-corrected chi connectivity index (χ4v) is 5.40. The third kappa shape index (κ3) is 11.3. The van der Waals surface area contributed by atoms with E-state index >= 15 is 0 Å². The standard InChI is InChI=1S/C31H49N3O6/c1-30(2,3)39-28(36)33-25-16-18-26(19-17-25)34(29(37)40-31(4,5)6)20-22-12-14-24(15-13-22)32-27(35)38-21-23-10-8-7-9-11-23/h7-11,22,24-26H,12-21H2,1-6H3,(H,32,35)(H,33,36). The van der Waals surface area contributed by atoms with Crippen LogP contribution in [0, 0.1) is 5.92 Å². The minimum Gasteiger partial charge on any atom is -0.445 e. The molecule has 0 aliphatic heterocycles. The van der Waals surface area contributed by atoms with Gasteiger partial charge in [-0.2, -0.15) is 0 Å². The molecule has 0 radical (unpaired) electrons. The molecule has 0 unspecified atom stereocenters. The maximum atomic E-state index is 13.3. The van der Waals surface area contributed by atoms with E-state index in [1.807, 2.05) is 76.8 Å². The molecule has 1 aromatic rings. The van der Waals surface area contributed by atoms with Crippen LogP contribution in [0.15, 0.2) is 30.3 Å². The van der Waals surface area contributed by atoms with Crippen LogP contribution in [0.2, 0.25) is 0 Å². The summed E-state index contributed by atoms with van der Waals surface area (Å²) >= 11 is 0. The zero-order valence-corrected chi connectivity index (χ0v) is 25.2. The Morgan fingerprint density at radius 1 is 0.750 bits per heavy atom. The van der Waals surface area contributed by atoms with Crippen molar-refractivity contribution in [1.82, 2.24) is 15.5 Å². The predicted octanol–water partition coefficient (Wildman–Crippen LogP) is 6.54. The lowest BCUT2D eigenvalue weighted by Gasteiger charge is -2.40. The summed E-state index contributed by atoms with van der Waals surface area (Å²) in [7, 11) is 0. The third-order valence-corrected chi connectivity index (χ3v) is 7.32. The minimum absolute atomic E-state index is 0.0368. The quantitative estimate of drug-likeness (QED) is 0.367. The van der Waals surface area contributed by atoms with Crippen molar-refractivity contribution in [1.29, 1.82) is 0 Å². The second kappa shape index (κ2) is 14.1. The SMILES string of the molecule is CC(C)(C)OC(=O)NC1CCC(N(CC2CCC(NC(=O)OCc3ccccc3)CC2)C(=O)OC(C)(C)C)CC1. The molecule has 0 spiro atoms. The van der Waals surface area contributed by atoms with E-state index in [1.54, 1.807) is 0 Å². The number of carbonyl (C=O) groups is 3. The van der Waals surface area contributed by atoms with E-state index in [1.165, 1.54) is 0 Å². The molecule has 0 saturated heterocycles. The largest absolute Gasteiger partial charge is 0.445 e. The Morgan fingerprint density at radius 3 is 1.82 bits per heavy atom. The molecule has 2 aliphatic carbocycles. The Kier molecular flexibility index (Phi) is 11.1. The average molecular weight is 560 g/mol. The van der Waals surface area contributed by atoms with Gasteiger partial charge in [0.2, 0.25) is 0 Å². The van der Waals surface area contributed by atoms with Crippen LogP contribution in [0.5, 0.6) is 0 Å². The van der Waals surface area contributed by atoms with Gasteiger partial charge in [-0.05, 0) is 104 Å². The van der Waals surface area contributed by atoms with Crippen LogP contribution in [0.4, 0.5) is 14.4 Å². The number of hydrogen-bond donors (Lipinski definition) is 2. The summed E-state index contributed by atoms with van der Waals surface area (Å²) in [6, 6.07) is 9.81. The maximum Gasteiger partial charge on any atom is 0.410 e. The van der Waals surface area contributed by atoms with E-state index in [9.17, 15) is 14.4 Å². The molecule has 0 bridgehead atoms. The van der Waals surface area contributed by atoms with Gasteiger partial charge in [-0.25, -0.2) is 14.4 Å². The monoisotopic (exact) mass is 559 g/mol. The molecule has 9 nitrogen and oxygen atoms in total. The van der Waals surface area contributed by atoms with Crippen LogP contribution < -0.4 is 10.6 Å². The number of rotatable bonds is 7. The molecule has 2 N–H and O–H groups in total. The zero-order valence-electron chi connectivity index (χ0n) is 25.2. The topological polar surface area (TPSA) is 106 Å². The number of ether oxygens (including phenoxy) is 3. The second-order valence-corrected chi connectivity index (χ2v) is 13.2. The molecular weight excluding hydrogens is 510 g/mol. The zero-order chi connectivity index (χ0) is 29.3. The molecule has 224 valence electrons. The molecule has 0 aromatic heterocycles. The van der Waals surface area contributed by atoms with Crippen molar-refractivity contribution in [3.8, 4) is 0 Å². The van der Waals surface area contributed by atoms with Crippen molar-refractivity contribution in [2.75, 3.05) is 6.54 Å². The maximum absolute atomic E-state index is 13.3. The summed E-state index contributed by atoms with van der Waals surface area (Å²) in [6.45, 7) is 12.1. The molecule has 1 aromatic carbocycles. The van der Waals surface area contributed by atoms with Crippen LogP contribution in [0.25, 0.3) is 0 Å². The second-order valence-electron chi connectivity index (χ2n) is 13.2. The number of amides is 3. The fourth-order valence-electron chi connectivity index (χ4n) is 5.40. The van der Waals surface area contributed by atoms with E-state index in [2.05, 4.69) is 10.6 Å². The molecule has 3 rings (SSSR count). The van der Waals surface area contributed by atoms with E-state index in [0.717, 1.165) is 56.9 Å². The molecule has 0 atom stereocenters. The van der Waals surface area contributed by atoms with Gasteiger partial charge < -0.3 is 29.7 Å². The fraction of sp³-hybridized carbons (Fsp3) is 0.710. The molecule has 40 heavy (non-hydrogen) atoms. The first-order valence-electron chi connectivity index (χ1n) is 14.7. The lowest BCUT2D eigenvalue weighted by Crippen LogP contribution is -2.50. The first kappa shape index (κ1) is 31.6. The van der Waals surface area contributed by atoms with Crippen LogP contribution in [0.1, 0.15) is 98.5 Å². The first-order valence-corrected chi connectivity index (χ1v) is 14.7. The molecule has 9 heteroatoms. The van der Waals surface area contributed by atoms with Gasteiger partial charge in [-0.3, -0.25) is 0 Å². The van der Waals surface area contributed by atoms with E-state index < -0.39 is 17.3 Å². The average Bonchev–Trinajstić information content (AvgIpc) is 2.86. The van der Waals surface area contributed by atoms with Gasteiger partial charge in [0, 0.05) is 24.7 Å². The first-order chi connectivity index (χ1) is 18.8. The van der Waals surface area contributed by atoms with E-state index in [-0.39, 0.29) is 36.9 Å². The molecule has 2 aliphatic rings. The molecule has 3 amide bonds. The van der Waals surface area contributed by atoms with Crippen molar-refractivity contribution < 1.29 is 28.6 Å². The Hall–Kier alpha value is -2.97. The minimum atomic E-state index is -0.577. The van der Waals surface area contributed by atoms with Crippen LogP contribution >= 0.6 is 0 Å². The van der Waals surface area contributed by atoms with Gasteiger partial charge in [0.25, 0.3) is 0 Å². The van der Waals surface area contributed by atoms with Crippen molar-refractivity contribution in [2.24, 2.45) is 5.92 Å². The summed E-state index contributed by atoms with van der Waals surface area (Å²) in [5.41, 5.74) is -0.156. The summed E-state index contributed by atoms with van der Waals surface area (Å²) in [6.07, 6.45) is 5.62. The van der Waals surface area contributed by atoms with Crippen LogP contribution in [-0.2, 0) is 20.8 Å². The Labute approximate surface area is 239 Å². The number of benzene rings is 1. The Bertz CT molecular complexity index is 956. The highest BCUT2D eigenvalue weighted by atomic mass is 16.6. The third-order valence-electron chi connectivity index (χ3n) is 7.32. The van der Waals surface area contributed by atoms with Crippen molar-refractivity contribution >= 4 is 18.3 Å². The van der Waals surface area contributed by atoms with Crippen molar-refractivity contribution in [2.45, 2.75) is 129 Å². The Morgan fingerprint density at radius 2 is 1.27 bits per heavy atom. The summed E-state index contributed by atoms with van der Waals surface area (Å²) in [5.74, 6) is 0.337. The highest BCUT2D eigenvalue weighted by molar-refractivity contribution is 5.69.